The van der Waals surface area contributed by atoms with Crippen LogP contribution in [0.2, 0.25) is 0 Å². The number of anilines is 1. The number of nitro benzene ring substituents is 1. The lowest BCUT2D eigenvalue weighted by Crippen LogP contribution is -2.26. The summed E-state index contributed by atoms with van der Waals surface area (Å²) in [5.74, 6) is -3.76. The van der Waals surface area contributed by atoms with Crippen LogP contribution < -0.4 is 4.90 Å². The Morgan fingerprint density at radius 1 is 0.971 bits per heavy atom. The van der Waals surface area contributed by atoms with Crippen molar-refractivity contribution in [2.45, 2.75) is 31.9 Å². The first-order chi connectivity index (χ1) is 16.3. The van der Waals surface area contributed by atoms with Gasteiger partial charge in [0.05, 0.1) is 18.0 Å². The van der Waals surface area contributed by atoms with Crippen molar-refractivity contribution in [1.29, 1.82) is 0 Å². The van der Waals surface area contributed by atoms with Crippen molar-refractivity contribution in [3.63, 3.8) is 0 Å². The Morgan fingerprint density at radius 3 is 1.94 bits per heavy atom. The van der Waals surface area contributed by atoms with E-state index in [0.717, 1.165) is 30.4 Å². The molecule has 3 aromatic carbocycles. The summed E-state index contributed by atoms with van der Waals surface area (Å²) in [5, 5.41) is 11.8. The van der Waals surface area contributed by atoms with E-state index in [0.29, 0.717) is 0 Å². The highest BCUT2D eigenvalue weighted by Gasteiger charge is 2.34. The van der Waals surface area contributed by atoms with Gasteiger partial charge in [0.25, 0.3) is 5.69 Å². The van der Waals surface area contributed by atoms with Crippen molar-refractivity contribution < 1.29 is 27.6 Å². The summed E-state index contributed by atoms with van der Waals surface area (Å²) < 4.78 is 46.9. The highest BCUT2D eigenvalue weighted by Crippen LogP contribution is 2.39. The number of rotatable bonds is 10. The Kier molecular flexibility index (Phi) is 8.24. The van der Waals surface area contributed by atoms with Crippen LogP contribution in [0.15, 0.2) is 72.8 Å². The van der Waals surface area contributed by atoms with Crippen LogP contribution in [0, 0.1) is 15.9 Å². The normalized spacial score (nSPS) is 11.8. The molecule has 0 bridgehead atoms. The van der Waals surface area contributed by atoms with Gasteiger partial charge in [0.2, 0.25) is 6.43 Å². The van der Waals surface area contributed by atoms with Crippen LogP contribution in [0.1, 0.15) is 29.0 Å². The number of ether oxygens (including phenoxy) is 1. The molecule has 0 N–H and O–H groups in total. The molecule has 178 valence electrons. The van der Waals surface area contributed by atoms with E-state index in [-0.39, 0.29) is 24.3 Å². The SMILES string of the molecule is COC(=O)C(CC(F)F)c1ccc([N+](=O)[O-])c(N(Cc2ccccc2)Cc2ccccc2)c1F. The lowest BCUT2D eigenvalue weighted by molar-refractivity contribution is -0.384. The second-order valence-electron chi connectivity index (χ2n) is 7.62. The van der Waals surface area contributed by atoms with Gasteiger partial charge in [0.1, 0.15) is 0 Å². The zero-order valence-electron chi connectivity index (χ0n) is 18.4. The zero-order valence-corrected chi connectivity index (χ0v) is 18.4. The summed E-state index contributed by atoms with van der Waals surface area (Å²) in [4.78, 5) is 24.8. The molecule has 0 heterocycles. The first kappa shape index (κ1) is 24.8. The number of benzene rings is 3. The standard InChI is InChI=1S/C25H23F3N2O4/c1-34-25(31)20(14-22(26)27)19-12-13-21(30(32)33)24(23(19)28)29(15-17-8-4-2-5-9-17)16-18-10-6-3-7-11-18/h2-13,20,22H,14-16H2,1H3. The summed E-state index contributed by atoms with van der Waals surface area (Å²) in [7, 11) is 1.02. The number of carbonyl (C=O) groups excluding carboxylic acids is 1. The van der Waals surface area contributed by atoms with E-state index in [1.54, 1.807) is 60.7 Å². The van der Waals surface area contributed by atoms with Crippen molar-refractivity contribution in [3.05, 3.63) is 105 Å². The number of halogens is 3. The number of hydrogen-bond donors (Lipinski definition) is 0. The molecule has 9 heteroatoms. The maximum absolute atomic E-state index is 15.9. The average Bonchev–Trinajstić information content (AvgIpc) is 2.82. The number of nitro groups is 1. The minimum absolute atomic E-state index is 0.106. The second-order valence-corrected chi connectivity index (χ2v) is 7.62. The van der Waals surface area contributed by atoms with Crippen LogP contribution in [0.4, 0.5) is 24.5 Å². The molecule has 0 aliphatic heterocycles. The molecule has 3 aromatic rings. The van der Waals surface area contributed by atoms with Gasteiger partial charge in [0.15, 0.2) is 11.5 Å². The summed E-state index contributed by atoms with van der Waals surface area (Å²) in [5.41, 5.74) is 0.232. The maximum Gasteiger partial charge on any atom is 0.313 e. The first-order valence-electron chi connectivity index (χ1n) is 10.5. The van der Waals surface area contributed by atoms with E-state index < -0.39 is 41.2 Å². The fourth-order valence-corrected chi connectivity index (χ4v) is 3.78. The molecule has 0 amide bonds. The minimum atomic E-state index is -2.91. The van der Waals surface area contributed by atoms with Gasteiger partial charge >= 0.3 is 5.97 Å². The Bertz CT molecular complexity index is 1090. The second kappa shape index (κ2) is 11.3. The monoisotopic (exact) mass is 472 g/mol. The summed E-state index contributed by atoms with van der Waals surface area (Å²) in [6.07, 6.45) is -3.88. The number of hydrogen-bond acceptors (Lipinski definition) is 5. The largest absolute Gasteiger partial charge is 0.469 e. The van der Waals surface area contributed by atoms with E-state index in [4.69, 9.17) is 0 Å². The smallest absolute Gasteiger partial charge is 0.313 e. The van der Waals surface area contributed by atoms with Gasteiger partial charge in [0, 0.05) is 31.1 Å². The number of esters is 1. The molecule has 0 aliphatic rings. The molecule has 0 saturated heterocycles. The fourth-order valence-electron chi connectivity index (χ4n) is 3.78. The molecular weight excluding hydrogens is 449 g/mol. The van der Waals surface area contributed by atoms with Crippen molar-refractivity contribution in [2.75, 3.05) is 12.0 Å². The van der Waals surface area contributed by atoms with Gasteiger partial charge in [-0.2, -0.15) is 0 Å². The van der Waals surface area contributed by atoms with Gasteiger partial charge in [-0.15, -0.1) is 0 Å². The summed E-state index contributed by atoms with van der Waals surface area (Å²) >= 11 is 0. The van der Waals surface area contributed by atoms with Crippen LogP contribution in [0.25, 0.3) is 0 Å². The van der Waals surface area contributed by atoms with Crippen LogP contribution >= 0.6 is 0 Å². The molecule has 3 rings (SSSR count). The fraction of sp³-hybridized carbons (Fsp3) is 0.240. The van der Waals surface area contributed by atoms with Crippen molar-refractivity contribution in [2.24, 2.45) is 0 Å². The van der Waals surface area contributed by atoms with Crippen molar-refractivity contribution in [3.8, 4) is 0 Å². The minimum Gasteiger partial charge on any atom is -0.469 e. The third-order valence-corrected chi connectivity index (χ3v) is 5.35. The zero-order chi connectivity index (χ0) is 24.7. The number of methoxy groups -OCH3 is 1. The molecule has 1 atom stereocenters. The average molecular weight is 472 g/mol. The van der Waals surface area contributed by atoms with Crippen LogP contribution in [-0.4, -0.2) is 24.4 Å². The van der Waals surface area contributed by atoms with Crippen LogP contribution in [0.3, 0.4) is 0 Å². The molecule has 0 aromatic heterocycles. The molecule has 0 saturated carbocycles. The molecule has 0 aliphatic carbocycles. The number of nitrogens with zero attached hydrogens (tertiary/aromatic N) is 2. The highest BCUT2D eigenvalue weighted by molar-refractivity contribution is 5.80. The van der Waals surface area contributed by atoms with E-state index in [2.05, 4.69) is 4.74 Å². The molecule has 1 unspecified atom stereocenters. The molecule has 34 heavy (non-hydrogen) atoms. The Hall–Kier alpha value is -3.88. The molecule has 0 spiro atoms. The van der Waals surface area contributed by atoms with Gasteiger partial charge < -0.3 is 9.64 Å². The quantitative estimate of drug-likeness (QED) is 0.210. The Balaban J connectivity index is 2.18. The molecule has 0 radical (unpaired) electrons. The van der Waals surface area contributed by atoms with E-state index in [9.17, 15) is 23.7 Å². The van der Waals surface area contributed by atoms with Gasteiger partial charge in [-0.1, -0.05) is 60.7 Å². The summed E-state index contributed by atoms with van der Waals surface area (Å²) in [6.45, 7) is 0.212. The predicted molar refractivity (Wildman–Crippen MR) is 121 cm³/mol. The third kappa shape index (κ3) is 5.92. The Labute approximate surface area is 194 Å². The number of alkyl halides is 2. The van der Waals surface area contributed by atoms with E-state index in [1.165, 1.54) is 4.90 Å². The van der Waals surface area contributed by atoms with E-state index in [1.807, 2.05) is 0 Å². The topological polar surface area (TPSA) is 72.7 Å². The first-order valence-corrected chi connectivity index (χ1v) is 10.5. The van der Waals surface area contributed by atoms with Gasteiger partial charge in [-0.25, -0.2) is 13.2 Å². The lowest BCUT2D eigenvalue weighted by atomic mass is 9.93. The maximum atomic E-state index is 15.9. The van der Waals surface area contributed by atoms with E-state index >= 15 is 4.39 Å². The van der Waals surface area contributed by atoms with Crippen LogP contribution in [0.5, 0.6) is 0 Å². The molecule has 0 fully saturated rings. The molecular formula is C25H23F3N2O4. The van der Waals surface area contributed by atoms with Gasteiger partial charge in [-0.05, 0) is 17.2 Å². The third-order valence-electron chi connectivity index (χ3n) is 5.35. The predicted octanol–water partition coefficient (Wildman–Crippen LogP) is 5.85. The highest BCUT2D eigenvalue weighted by atomic mass is 19.3. The van der Waals surface area contributed by atoms with Crippen molar-refractivity contribution >= 4 is 17.3 Å². The number of carbonyl (C=O) groups is 1. The Morgan fingerprint density at radius 2 is 1.50 bits per heavy atom. The van der Waals surface area contributed by atoms with Crippen LogP contribution in [-0.2, 0) is 22.6 Å². The summed E-state index contributed by atoms with van der Waals surface area (Å²) in [6, 6.07) is 20.0. The van der Waals surface area contributed by atoms with Crippen molar-refractivity contribution in [1.82, 2.24) is 0 Å². The van der Waals surface area contributed by atoms with Gasteiger partial charge in [-0.3, -0.25) is 14.9 Å². The molecule has 6 nitrogen and oxygen atoms in total. The lowest BCUT2D eigenvalue weighted by Gasteiger charge is -2.27.